The van der Waals surface area contributed by atoms with Gasteiger partial charge in [-0.25, -0.2) is 0 Å². The lowest BCUT2D eigenvalue weighted by atomic mass is 10.2. The minimum absolute atomic E-state index is 0.0652. The van der Waals surface area contributed by atoms with Crippen LogP contribution < -0.4 is 19.7 Å². The van der Waals surface area contributed by atoms with Crippen molar-refractivity contribution in [2.24, 2.45) is 0 Å². The van der Waals surface area contributed by atoms with E-state index in [0.717, 1.165) is 0 Å². The predicted octanol–water partition coefficient (Wildman–Crippen LogP) is 6.10. The molecule has 0 atom stereocenters. The fourth-order valence-electron chi connectivity index (χ4n) is 3.30. The molecule has 0 saturated heterocycles. The predicted molar refractivity (Wildman–Crippen MR) is 135 cm³/mol. The molecule has 0 fully saturated rings. The van der Waals surface area contributed by atoms with Crippen LogP contribution in [0.25, 0.3) is 6.08 Å². The van der Waals surface area contributed by atoms with Crippen LogP contribution in [0.3, 0.4) is 0 Å². The van der Waals surface area contributed by atoms with Gasteiger partial charge in [0.15, 0.2) is 6.61 Å². The molecule has 0 unspecified atom stereocenters. The normalized spacial score (nSPS) is 12.9. The Balaban J connectivity index is 1.43. The molecule has 174 valence electrons. The number of nitrogens with zero attached hydrogens (tertiary/aromatic N) is 1. The summed E-state index contributed by atoms with van der Waals surface area (Å²) in [5.74, 6) is 0.645. The van der Waals surface area contributed by atoms with Crippen LogP contribution in [0.4, 0.5) is 11.4 Å². The summed E-state index contributed by atoms with van der Waals surface area (Å²) in [6, 6.07) is 17.1. The number of benzene rings is 3. The number of fused-ring (bicyclic) bond motifs is 1. The summed E-state index contributed by atoms with van der Waals surface area (Å²) in [6.45, 7) is 0.516. The van der Waals surface area contributed by atoms with Crippen molar-refractivity contribution in [1.82, 2.24) is 0 Å². The van der Waals surface area contributed by atoms with Crippen LogP contribution >= 0.6 is 34.8 Å². The van der Waals surface area contributed by atoms with E-state index in [9.17, 15) is 9.59 Å². The van der Waals surface area contributed by atoms with E-state index in [-0.39, 0.29) is 25.0 Å². The van der Waals surface area contributed by atoms with Gasteiger partial charge in [-0.1, -0.05) is 40.9 Å². The van der Waals surface area contributed by atoms with E-state index in [4.69, 9.17) is 44.3 Å². The Labute approximate surface area is 211 Å². The fourth-order valence-corrected chi connectivity index (χ4v) is 3.89. The molecule has 1 heterocycles. The summed E-state index contributed by atoms with van der Waals surface area (Å²) in [5, 5.41) is 4.36. The Morgan fingerprint density at radius 2 is 1.79 bits per heavy atom. The largest absolute Gasteiger partial charge is 0.492 e. The lowest BCUT2D eigenvalue weighted by molar-refractivity contribution is -0.121. The molecule has 6 nitrogen and oxygen atoms in total. The van der Waals surface area contributed by atoms with E-state index in [1.54, 1.807) is 71.6 Å². The molecule has 9 heteroatoms. The second kappa shape index (κ2) is 10.8. The van der Waals surface area contributed by atoms with Gasteiger partial charge in [0.05, 0.1) is 12.2 Å². The summed E-state index contributed by atoms with van der Waals surface area (Å²) in [7, 11) is 0. The molecule has 1 N–H and O–H groups in total. The summed E-state index contributed by atoms with van der Waals surface area (Å²) in [4.78, 5) is 26.5. The van der Waals surface area contributed by atoms with Gasteiger partial charge in [-0.2, -0.15) is 0 Å². The van der Waals surface area contributed by atoms with Gasteiger partial charge in [0.2, 0.25) is 5.91 Å². The average Bonchev–Trinajstić information content (AvgIpc) is 2.81. The Hall–Kier alpha value is -3.19. The number of ether oxygens (including phenoxy) is 2. The lowest BCUT2D eigenvalue weighted by Crippen LogP contribution is -2.41. The highest BCUT2D eigenvalue weighted by Gasteiger charge is 2.26. The van der Waals surface area contributed by atoms with E-state index >= 15 is 0 Å². The molecule has 34 heavy (non-hydrogen) atoms. The Morgan fingerprint density at radius 3 is 2.56 bits per heavy atom. The van der Waals surface area contributed by atoms with Crippen LogP contribution in [0.2, 0.25) is 15.1 Å². The fraction of sp³-hybridized carbons (Fsp3) is 0.120. The zero-order chi connectivity index (χ0) is 24.1. The zero-order valence-electron chi connectivity index (χ0n) is 17.8. The SMILES string of the molecule is O=C(/C=C/c1ccc(Cl)cc1Cl)Nc1ccc2c(c1)N(CCOc1ccc(Cl)cc1)C(=O)CO2. The number of amides is 2. The number of nitrogens with one attached hydrogen (secondary N) is 1. The number of hydrogen-bond donors (Lipinski definition) is 1. The maximum absolute atomic E-state index is 12.5. The summed E-state index contributed by atoms with van der Waals surface area (Å²) < 4.78 is 11.3. The van der Waals surface area contributed by atoms with Crippen molar-refractivity contribution in [2.45, 2.75) is 0 Å². The highest BCUT2D eigenvalue weighted by Crippen LogP contribution is 2.34. The molecule has 2 amide bonds. The smallest absolute Gasteiger partial charge is 0.265 e. The van der Waals surface area contributed by atoms with Gasteiger partial charge in [-0.05, 0) is 66.2 Å². The second-order valence-corrected chi connectivity index (χ2v) is 8.59. The average molecular weight is 518 g/mol. The number of halogens is 3. The number of hydrogen-bond acceptors (Lipinski definition) is 4. The molecule has 4 rings (SSSR count). The van der Waals surface area contributed by atoms with Gasteiger partial charge in [-0.15, -0.1) is 0 Å². The first-order valence-corrected chi connectivity index (χ1v) is 11.4. The number of carbonyl (C=O) groups is 2. The maximum Gasteiger partial charge on any atom is 0.265 e. The maximum atomic E-state index is 12.5. The van der Waals surface area contributed by atoms with Crippen molar-refractivity contribution in [2.75, 3.05) is 30.0 Å². The zero-order valence-corrected chi connectivity index (χ0v) is 20.0. The van der Waals surface area contributed by atoms with Crippen molar-refractivity contribution in [3.63, 3.8) is 0 Å². The highest BCUT2D eigenvalue weighted by atomic mass is 35.5. The molecule has 1 aliphatic rings. The van der Waals surface area contributed by atoms with Crippen molar-refractivity contribution < 1.29 is 19.1 Å². The highest BCUT2D eigenvalue weighted by molar-refractivity contribution is 6.35. The minimum atomic E-state index is -0.355. The van der Waals surface area contributed by atoms with Crippen molar-refractivity contribution in [3.8, 4) is 11.5 Å². The molecule has 3 aromatic rings. The van der Waals surface area contributed by atoms with Crippen LogP contribution in [0.15, 0.2) is 66.7 Å². The third-order valence-corrected chi connectivity index (χ3v) is 5.76. The van der Waals surface area contributed by atoms with Gasteiger partial charge in [0.25, 0.3) is 5.91 Å². The first kappa shape index (κ1) is 24.0. The number of rotatable bonds is 7. The van der Waals surface area contributed by atoms with E-state index in [2.05, 4.69) is 5.32 Å². The summed E-state index contributed by atoms with van der Waals surface area (Å²) in [5.41, 5.74) is 1.73. The van der Waals surface area contributed by atoms with Gasteiger partial charge in [0.1, 0.15) is 18.1 Å². The van der Waals surface area contributed by atoms with Gasteiger partial charge in [-0.3, -0.25) is 9.59 Å². The second-order valence-electron chi connectivity index (χ2n) is 7.31. The molecule has 0 saturated carbocycles. The van der Waals surface area contributed by atoms with E-state index in [1.165, 1.54) is 6.08 Å². The van der Waals surface area contributed by atoms with Crippen LogP contribution in [0, 0.1) is 0 Å². The monoisotopic (exact) mass is 516 g/mol. The molecule has 0 bridgehead atoms. The molecule has 0 aliphatic carbocycles. The van der Waals surface area contributed by atoms with Gasteiger partial charge in [0, 0.05) is 26.8 Å². The van der Waals surface area contributed by atoms with Gasteiger partial charge < -0.3 is 19.7 Å². The van der Waals surface area contributed by atoms with Crippen LogP contribution in [-0.4, -0.2) is 31.6 Å². The molecule has 1 aliphatic heterocycles. The molecule has 0 aromatic heterocycles. The topological polar surface area (TPSA) is 67.9 Å². The third kappa shape index (κ3) is 6.03. The van der Waals surface area contributed by atoms with Crippen molar-refractivity contribution in [1.29, 1.82) is 0 Å². The molecule has 0 spiro atoms. The van der Waals surface area contributed by atoms with E-state index in [0.29, 0.717) is 50.0 Å². The van der Waals surface area contributed by atoms with Crippen LogP contribution in [-0.2, 0) is 9.59 Å². The van der Waals surface area contributed by atoms with Gasteiger partial charge >= 0.3 is 0 Å². The van der Waals surface area contributed by atoms with E-state index < -0.39 is 0 Å². The quantitative estimate of drug-likeness (QED) is 0.384. The van der Waals surface area contributed by atoms with Crippen LogP contribution in [0.1, 0.15) is 5.56 Å². The first-order chi connectivity index (χ1) is 16.4. The molecule has 3 aromatic carbocycles. The molecule has 0 radical (unpaired) electrons. The minimum Gasteiger partial charge on any atom is -0.492 e. The lowest BCUT2D eigenvalue weighted by Gasteiger charge is -2.29. The Bertz CT molecular complexity index is 1250. The Kier molecular flexibility index (Phi) is 7.63. The van der Waals surface area contributed by atoms with E-state index in [1.807, 2.05) is 0 Å². The number of anilines is 2. The van der Waals surface area contributed by atoms with Crippen LogP contribution in [0.5, 0.6) is 11.5 Å². The Morgan fingerprint density at radius 1 is 1.03 bits per heavy atom. The first-order valence-electron chi connectivity index (χ1n) is 10.3. The standard InChI is InChI=1S/C25H19Cl3N2O4/c26-17-4-7-20(8-5-17)33-12-11-30-22-14-19(6-9-23(22)34-15-25(30)32)29-24(31)10-2-16-1-3-18(27)13-21(16)28/h1-10,13-14H,11-12,15H2,(H,29,31)/b10-2+. The molecular formula is C25H19Cl3N2O4. The summed E-state index contributed by atoms with van der Waals surface area (Å²) in [6.07, 6.45) is 2.97. The van der Waals surface area contributed by atoms with Crippen molar-refractivity contribution >= 4 is 64.1 Å². The summed E-state index contributed by atoms with van der Waals surface area (Å²) >= 11 is 17.9. The van der Waals surface area contributed by atoms with Crippen molar-refractivity contribution in [3.05, 3.63) is 87.4 Å². The third-order valence-electron chi connectivity index (χ3n) is 4.94. The molecular weight excluding hydrogens is 499 g/mol. The number of carbonyl (C=O) groups excluding carboxylic acids is 2.